The number of anilines is 1. The summed E-state index contributed by atoms with van der Waals surface area (Å²) in [5, 5.41) is 13.3. The summed E-state index contributed by atoms with van der Waals surface area (Å²) in [6.45, 7) is 2.65. The fourth-order valence-electron chi connectivity index (χ4n) is 3.54. The number of Topliss-reactive ketones (excluding diaryl/α,β-unsaturated/α-hetero) is 1. The van der Waals surface area contributed by atoms with Crippen LogP contribution in [0.1, 0.15) is 36.9 Å². The second-order valence-electron chi connectivity index (χ2n) is 7.12. The molecule has 1 fully saturated rings. The minimum Gasteiger partial charge on any atom is -0.507 e. The number of aromatic nitrogens is 1. The van der Waals surface area contributed by atoms with Gasteiger partial charge in [-0.3, -0.25) is 14.5 Å². The third-order valence-electron chi connectivity index (χ3n) is 5.06. The third kappa shape index (κ3) is 4.09. The predicted octanol–water partition coefficient (Wildman–Crippen LogP) is 4.95. The van der Waals surface area contributed by atoms with Crippen LogP contribution in [0.25, 0.3) is 5.76 Å². The first-order valence-corrected chi connectivity index (χ1v) is 11.0. The molecule has 7 heteroatoms. The molecule has 3 aromatic rings. The molecule has 2 aromatic carbocycles. The van der Waals surface area contributed by atoms with Gasteiger partial charge in [0.1, 0.15) is 11.5 Å². The van der Waals surface area contributed by atoms with E-state index >= 15 is 0 Å². The Kier molecular flexibility index (Phi) is 6.13. The predicted molar refractivity (Wildman–Crippen MR) is 120 cm³/mol. The van der Waals surface area contributed by atoms with Crippen molar-refractivity contribution in [1.29, 1.82) is 0 Å². The summed E-state index contributed by atoms with van der Waals surface area (Å²) >= 11 is 1.27. The highest BCUT2D eigenvalue weighted by atomic mass is 32.1. The van der Waals surface area contributed by atoms with Crippen molar-refractivity contribution in [2.45, 2.75) is 25.8 Å². The lowest BCUT2D eigenvalue weighted by atomic mass is 9.95. The van der Waals surface area contributed by atoms with E-state index in [1.54, 1.807) is 35.8 Å². The van der Waals surface area contributed by atoms with Crippen molar-refractivity contribution in [2.75, 3.05) is 11.5 Å². The zero-order valence-corrected chi connectivity index (χ0v) is 17.8. The molecule has 6 nitrogen and oxygen atoms in total. The summed E-state index contributed by atoms with van der Waals surface area (Å²) in [4.78, 5) is 31.6. The highest BCUT2D eigenvalue weighted by Crippen LogP contribution is 2.42. The smallest absolute Gasteiger partial charge is 0.301 e. The van der Waals surface area contributed by atoms with Crippen molar-refractivity contribution >= 4 is 33.9 Å². The van der Waals surface area contributed by atoms with Gasteiger partial charge in [-0.15, -0.1) is 11.3 Å². The Labute approximate surface area is 184 Å². The van der Waals surface area contributed by atoms with Crippen LogP contribution >= 0.6 is 11.3 Å². The molecule has 158 valence electrons. The van der Waals surface area contributed by atoms with Crippen molar-refractivity contribution in [1.82, 2.24) is 4.98 Å². The van der Waals surface area contributed by atoms with Gasteiger partial charge in [0, 0.05) is 17.1 Å². The van der Waals surface area contributed by atoms with Gasteiger partial charge in [0.05, 0.1) is 18.2 Å². The number of carbonyl (C=O) groups excluding carboxylic acids is 2. The molecule has 2 heterocycles. The molecule has 4 rings (SSSR count). The Balaban J connectivity index is 1.81. The molecule has 31 heavy (non-hydrogen) atoms. The number of hydrogen-bond acceptors (Lipinski definition) is 6. The topological polar surface area (TPSA) is 79.7 Å². The van der Waals surface area contributed by atoms with E-state index in [4.69, 9.17) is 4.74 Å². The number of aliphatic hydroxyl groups excluding tert-OH is 1. The molecule has 1 aliphatic heterocycles. The summed E-state index contributed by atoms with van der Waals surface area (Å²) in [5.74, 6) is -1.07. The number of amides is 1. The Morgan fingerprint density at radius 2 is 1.97 bits per heavy atom. The standard InChI is InChI=1S/C24H22N2O4S/c1-2-3-13-30-18-11-7-10-17(15-18)21(27)19-20(16-8-5-4-6-9-16)26(23(29)22(19)28)24-25-12-14-31-24/h4-12,14-15,20,27H,2-3,13H2,1H3. The Bertz CT molecular complexity index is 1110. The first-order valence-electron chi connectivity index (χ1n) is 10.1. The minimum atomic E-state index is -0.767. The second kappa shape index (κ2) is 9.14. The Hall–Kier alpha value is -3.45. The van der Waals surface area contributed by atoms with Crippen LogP contribution in [0.5, 0.6) is 5.75 Å². The quantitative estimate of drug-likeness (QED) is 0.246. The van der Waals surface area contributed by atoms with Gasteiger partial charge < -0.3 is 9.84 Å². The lowest BCUT2D eigenvalue weighted by molar-refractivity contribution is -0.132. The molecule has 1 saturated heterocycles. The average molecular weight is 435 g/mol. The summed E-state index contributed by atoms with van der Waals surface area (Å²) in [5.41, 5.74) is 1.18. The Morgan fingerprint density at radius 1 is 1.16 bits per heavy atom. The normalized spacial score (nSPS) is 17.8. The number of rotatable bonds is 7. The van der Waals surface area contributed by atoms with Crippen molar-refractivity contribution in [3.63, 3.8) is 0 Å². The molecule has 0 spiro atoms. The maximum Gasteiger partial charge on any atom is 0.301 e. The maximum atomic E-state index is 13.0. The lowest BCUT2D eigenvalue weighted by Gasteiger charge is -2.22. The number of unbranched alkanes of at least 4 members (excludes halogenated alkanes) is 1. The zero-order valence-electron chi connectivity index (χ0n) is 17.0. The molecule has 0 bridgehead atoms. The van der Waals surface area contributed by atoms with E-state index in [1.807, 2.05) is 30.3 Å². The zero-order chi connectivity index (χ0) is 21.8. The maximum absolute atomic E-state index is 13.0. The molecule has 1 aromatic heterocycles. The summed E-state index contributed by atoms with van der Waals surface area (Å²) in [6.07, 6.45) is 3.51. The van der Waals surface area contributed by atoms with E-state index in [0.29, 0.717) is 28.6 Å². The summed E-state index contributed by atoms with van der Waals surface area (Å²) in [7, 11) is 0. The minimum absolute atomic E-state index is 0.0390. The van der Waals surface area contributed by atoms with Crippen LogP contribution in [-0.2, 0) is 9.59 Å². The van der Waals surface area contributed by atoms with Crippen molar-refractivity contribution in [2.24, 2.45) is 0 Å². The van der Waals surface area contributed by atoms with Gasteiger partial charge in [-0.2, -0.15) is 0 Å². The number of hydrogen-bond donors (Lipinski definition) is 1. The van der Waals surface area contributed by atoms with Crippen LogP contribution in [0, 0.1) is 0 Å². The average Bonchev–Trinajstić information content (AvgIpc) is 3.41. The molecule has 0 saturated carbocycles. The number of ketones is 1. The number of aliphatic hydroxyl groups is 1. The van der Waals surface area contributed by atoms with Crippen molar-refractivity contribution < 1.29 is 19.4 Å². The highest BCUT2D eigenvalue weighted by molar-refractivity contribution is 7.14. The number of nitrogens with zero attached hydrogens (tertiary/aromatic N) is 2. The van der Waals surface area contributed by atoms with Crippen LogP contribution in [-0.4, -0.2) is 28.4 Å². The van der Waals surface area contributed by atoms with Crippen LogP contribution in [0.15, 0.2) is 71.7 Å². The van der Waals surface area contributed by atoms with E-state index in [1.165, 1.54) is 16.2 Å². The lowest BCUT2D eigenvalue weighted by Crippen LogP contribution is -2.29. The number of ether oxygens (including phenoxy) is 1. The van der Waals surface area contributed by atoms with E-state index in [-0.39, 0.29) is 11.3 Å². The Morgan fingerprint density at radius 3 is 2.68 bits per heavy atom. The van der Waals surface area contributed by atoms with Gasteiger partial charge in [0.25, 0.3) is 5.78 Å². The number of carbonyl (C=O) groups is 2. The molecule has 1 N–H and O–H groups in total. The molecular weight excluding hydrogens is 412 g/mol. The molecule has 1 aliphatic rings. The number of thiazole rings is 1. The second-order valence-corrected chi connectivity index (χ2v) is 8.00. The van der Waals surface area contributed by atoms with Gasteiger partial charge in [0.2, 0.25) is 0 Å². The van der Waals surface area contributed by atoms with Gasteiger partial charge in [0.15, 0.2) is 5.13 Å². The van der Waals surface area contributed by atoms with Crippen molar-refractivity contribution in [3.8, 4) is 5.75 Å². The highest BCUT2D eigenvalue weighted by Gasteiger charge is 2.47. The number of benzene rings is 2. The van der Waals surface area contributed by atoms with Crippen molar-refractivity contribution in [3.05, 3.63) is 82.9 Å². The monoisotopic (exact) mass is 434 g/mol. The molecule has 1 atom stereocenters. The fraction of sp³-hybridized carbons (Fsp3) is 0.208. The third-order valence-corrected chi connectivity index (χ3v) is 5.83. The van der Waals surface area contributed by atoms with Crippen LogP contribution in [0.3, 0.4) is 0 Å². The first kappa shape index (κ1) is 20.8. The van der Waals surface area contributed by atoms with E-state index < -0.39 is 17.7 Å². The van der Waals surface area contributed by atoms with Gasteiger partial charge in [-0.1, -0.05) is 55.8 Å². The SMILES string of the molecule is CCCCOc1cccc(C(O)=C2C(=O)C(=O)N(c3nccs3)C2c2ccccc2)c1. The van der Waals surface area contributed by atoms with Gasteiger partial charge >= 0.3 is 5.91 Å². The summed E-state index contributed by atoms with van der Waals surface area (Å²) in [6, 6.07) is 15.3. The summed E-state index contributed by atoms with van der Waals surface area (Å²) < 4.78 is 5.74. The van der Waals surface area contributed by atoms with Crippen LogP contribution < -0.4 is 9.64 Å². The first-order chi connectivity index (χ1) is 15.1. The molecule has 0 aliphatic carbocycles. The fourth-order valence-corrected chi connectivity index (χ4v) is 4.21. The van der Waals surface area contributed by atoms with E-state index in [2.05, 4.69) is 11.9 Å². The largest absolute Gasteiger partial charge is 0.507 e. The van der Waals surface area contributed by atoms with Crippen LogP contribution in [0.2, 0.25) is 0 Å². The van der Waals surface area contributed by atoms with E-state index in [0.717, 1.165) is 12.8 Å². The van der Waals surface area contributed by atoms with E-state index in [9.17, 15) is 14.7 Å². The molecule has 1 unspecified atom stereocenters. The molecular formula is C24H22N2O4S. The van der Waals surface area contributed by atoms with Gasteiger partial charge in [-0.05, 0) is 24.1 Å². The van der Waals surface area contributed by atoms with Gasteiger partial charge in [-0.25, -0.2) is 4.98 Å². The van der Waals surface area contributed by atoms with Crippen LogP contribution in [0.4, 0.5) is 5.13 Å². The molecule has 1 amide bonds. The molecule has 0 radical (unpaired) electrons.